The number of fused-ring (bicyclic) bond motifs is 4. The molecule has 0 unspecified atom stereocenters. The molecule has 11 nitrogen and oxygen atoms in total. The zero-order valence-electron chi connectivity index (χ0n) is 21.6. The summed E-state index contributed by atoms with van der Waals surface area (Å²) in [6.07, 6.45) is -3.88. The van der Waals surface area contributed by atoms with Gasteiger partial charge in [-0.15, -0.1) is 0 Å². The third-order valence-electron chi connectivity index (χ3n) is 7.69. The van der Waals surface area contributed by atoms with Crippen LogP contribution in [0, 0.1) is 0 Å². The number of aliphatic hydroxyl groups is 1. The fourth-order valence-electron chi connectivity index (χ4n) is 5.82. The van der Waals surface area contributed by atoms with Crippen molar-refractivity contribution in [3.8, 4) is 6.01 Å². The third kappa shape index (κ3) is 4.32. The third-order valence-corrected chi connectivity index (χ3v) is 7.69. The van der Waals surface area contributed by atoms with Gasteiger partial charge in [0.15, 0.2) is 17.2 Å². The molecular weight excluding hydrogens is 540 g/mol. The van der Waals surface area contributed by atoms with Crippen LogP contribution in [0.15, 0.2) is 52.9 Å². The average molecular weight is 566 g/mol. The van der Waals surface area contributed by atoms with Crippen molar-refractivity contribution in [3.05, 3.63) is 54.4 Å². The second-order valence-electron chi connectivity index (χ2n) is 10.2. The molecular formula is C28H25F2N5O6. The summed E-state index contributed by atoms with van der Waals surface area (Å²) in [5.41, 5.74) is 2.16. The van der Waals surface area contributed by atoms with Gasteiger partial charge in [0.2, 0.25) is 0 Å². The molecule has 2 fully saturated rings. The van der Waals surface area contributed by atoms with Crippen molar-refractivity contribution in [3.63, 3.8) is 0 Å². The Balaban J connectivity index is 1.29. The molecule has 41 heavy (non-hydrogen) atoms. The topological polar surface area (TPSA) is 136 Å². The number of aliphatic carboxylic acids is 1. The zero-order valence-corrected chi connectivity index (χ0v) is 21.6. The van der Waals surface area contributed by atoms with Crippen LogP contribution in [0.1, 0.15) is 31.1 Å². The minimum atomic E-state index is -2.98. The standard InChI is InChI=1S/C28H25F2N5O6/c29-24(30)25-32-22-15-5-1-4-8-21(15)41-23(22)26(33-25)34-12-14(11-19(34)27(37)38)40-28-31-16-6-2-3-7-17(16)35(28)18-9-10-39-13-20(18)36/h1-8,14,18-20,24,36H,9-13H2,(H,37,38)/t14-,18-,19-,20-/m0/s1. The van der Waals surface area contributed by atoms with Gasteiger partial charge in [0.05, 0.1) is 36.3 Å². The Morgan fingerprint density at radius 3 is 2.71 bits per heavy atom. The number of hydrogen-bond acceptors (Lipinski definition) is 9. The van der Waals surface area contributed by atoms with Crippen LogP contribution in [0.25, 0.3) is 33.1 Å². The SMILES string of the molecule is O=C(O)[C@@H]1C[C@H](Oc2nc3ccccc3n2[C@H]2CCOC[C@@H]2O)CN1c1nc(C(F)F)nc2c1oc1ccccc12. The summed E-state index contributed by atoms with van der Waals surface area (Å²) in [5, 5.41) is 21.4. The highest BCUT2D eigenvalue weighted by Gasteiger charge is 2.42. The highest BCUT2D eigenvalue weighted by molar-refractivity contribution is 6.06. The summed E-state index contributed by atoms with van der Waals surface area (Å²) < 4.78 is 47.3. The van der Waals surface area contributed by atoms with Crippen molar-refractivity contribution in [2.75, 3.05) is 24.7 Å². The van der Waals surface area contributed by atoms with Crippen LogP contribution >= 0.6 is 0 Å². The summed E-state index contributed by atoms with van der Waals surface area (Å²) in [5.74, 6) is -1.91. The van der Waals surface area contributed by atoms with Crippen LogP contribution < -0.4 is 9.64 Å². The van der Waals surface area contributed by atoms with Gasteiger partial charge in [0, 0.05) is 18.4 Å². The molecule has 0 aliphatic carbocycles. The first kappa shape index (κ1) is 25.6. The Kier molecular flexibility index (Phi) is 6.20. The van der Waals surface area contributed by atoms with Crippen LogP contribution in [0.5, 0.6) is 6.01 Å². The smallest absolute Gasteiger partial charge is 0.326 e. The lowest BCUT2D eigenvalue weighted by molar-refractivity contribution is -0.138. The zero-order chi connectivity index (χ0) is 28.2. The molecule has 3 aromatic heterocycles. The van der Waals surface area contributed by atoms with Gasteiger partial charge < -0.3 is 29.0 Å². The van der Waals surface area contributed by atoms with E-state index >= 15 is 0 Å². The number of aromatic nitrogens is 4. The number of halogens is 2. The molecule has 0 radical (unpaired) electrons. The maximum atomic E-state index is 13.9. The summed E-state index contributed by atoms with van der Waals surface area (Å²) >= 11 is 0. The molecule has 7 rings (SSSR count). The molecule has 2 saturated heterocycles. The number of imidazole rings is 1. The van der Waals surface area contributed by atoms with E-state index in [1.807, 2.05) is 28.8 Å². The van der Waals surface area contributed by atoms with Crippen LogP contribution in [0.3, 0.4) is 0 Å². The number of anilines is 1. The molecule has 13 heteroatoms. The number of aliphatic hydroxyl groups excluding tert-OH is 1. The highest BCUT2D eigenvalue weighted by atomic mass is 19.3. The van der Waals surface area contributed by atoms with Crippen molar-refractivity contribution in [1.82, 2.24) is 19.5 Å². The van der Waals surface area contributed by atoms with E-state index in [9.17, 15) is 23.8 Å². The van der Waals surface area contributed by atoms with Crippen LogP contribution in [0.4, 0.5) is 14.6 Å². The summed E-state index contributed by atoms with van der Waals surface area (Å²) in [7, 11) is 0. The van der Waals surface area contributed by atoms with Gasteiger partial charge in [-0.25, -0.2) is 23.5 Å². The molecule has 0 spiro atoms. The van der Waals surface area contributed by atoms with E-state index < -0.39 is 36.5 Å². The monoisotopic (exact) mass is 565 g/mol. The van der Waals surface area contributed by atoms with Gasteiger partial charge in [-0.2, -0.15) is 4.98 Å². The van der Waals surface area contributed by atoms with Gasteiger partial charge in [-0.05, 0) is 30.7 Å². The molecule has 5 aromatic rings. The number of carboxylic acids is 1. The molecule has 5 heterocycles. The van der Waals surface area contributed by atoms with E-state index in [1.165, 1.54) is 4.90 Å². The van der Waals surface area contributed by atoms with E-state index in [2.05, 4.69) is 15.0 Å². The lowest BCUT2D eigenvalue weighted by Gasteiger charge is -2.30. The van der Waals surface area contributed by atoms with Crippen molar-refractivity contribution < 1.29 is 37.7 Å². The lowest BCUT2D eigenvalue weighted by atomic mass is 10.1. The number of hydrogen-bond donors (Lipinski definition) is 2. The number of rotatable bonds is 6. The van der Waals surface area contributed by atoms with Gasteiger partial charge in [0.25, 0.3) is 12.4 Å². The Labute approximate surface area is 230 Å². The first-order valence-electron chi connectivity index (χ1n) is 13.2. The van der Waals surface area contributed by atoms with E-state index in [-0.39, 0.29) is 48.5 Å². The normalized spacial score (nSPS) is 23.3. The molecule has 2 aromatic carbocycles. The van der Waals surface area contributed by atoms with E-state index in [0.29, 0.717) is 29.5 Å². The Bertz CT molecular complexity index is 1770. The fourth-order valence-corrected chi connectivity index (χ4v) is 5.82. The predicted octanol–water partition coefficient (Wildman–Crippen LogP) is 4.10. The first-order valence-corrected chi connectivity index (χ1v) is 13.2. The summed E-state index contributed by atoms with van der Waals surface area (Å²) in [6, 6.07) is 13.0. The minimum absolute atomic E-state index is 0.0162. The number of benzene rings is 2. The average Bonchev–Trinajstić information content (AvgIpc) is 3.66. The van der Waals surface area contributed by atoms with Crippen molar-refractivity contribution >= 4 is 44.9 Å². The molecule has 2 N–H and O–H groups in total. The number of carbonyl (C=O) groups is 1. The van der Waals surface area contributed by atoms with Crippen LogP contribution in [0.2, 0.25) is 0 Å². The number of para-hydroxylation sites is 3. The molecule has 4 atom stereocenters. The van der Waals surface area contributed by atoms with E-state index in [4.69, 9.17) is 13.9 Å². The van der Waals surface area contributed by atoms with Gasteiger partial charge >= 0.3 is 5.97 Å². The molecule has 0 saturated carbocycles. The Hall–Kier alpha value is -4.36. The molecule has 0 amide bonds. The minimum Gasteiger partial charge on any atom is -0.480 e. The number of ether oxygens (including phenoxy) is 2. The largest absolute Gasteiger partial charge is 0.480 e. The second-order valence-corrected chi connectivity index (χ2v) is 10.2. The summed E-state index contributed by atoms with van der Waals surface area (Å²) in [4.78, 5) is 26.6. The number of furan rings is 1. The second kappa shape index (κ2) is 9.93. The predicted molar refractivity (Wildman–Crippen MR) is 142 cm³/mol. The Morgan fingerprint density at radius 1 is 1.10 bits per heavy atom. The van der Waals surface area contributed by atoms with E-state index in [0.717, 1.165) is 5.52 Å². The van der Waals surface area contributed by atoms with Crippen molar-refractivity contribution in [2.45, 2.75) is 43.6 Å². The highest BCUT2D eigenvalue weighted by Crippen LogP contribution is 2.39. The van der Waals surface area contributed by atoms with Crippen LogP contribution in [-0.4, -0.2) is 73.7 Å². The first-order chi connectivity index (χ1) is 19.9. The number of nitrogens with zero attached hydrogens (tertiary/aromatic N) is 5. The number of alkyl halides is 2. The quantitative estimate of drug-likeness (QED) is 0.310. The van der Waals surface area contributed by atoms with Gasteiger partial charge in [-0.1, -0.05) is 24.3 Å². The van der Waals surface area contributed by atoms with Crippen molar-refractivity contribution in [2.24, 2.45) is 0 Å². The van der Waals surface area contributed by atoms with E-state index in [1.54, 1.807) is 24.3 Å². The fraction of sp³-hybridized carbons (Fsp3) is 0.357. The maximum absolute atomic E-state index is 13.9. The Morgan fingerprint density at radius 2 is 1.90 bits per heavy atom. The number of carboxylic acid groups (broad SMARTS) is 1. The van der Waals surface area contributed by atoms with Gasteiger partial charge in [-0.3, -0.25) is 4.57 Å². The van der Waals surface area contributed by atoms with Crippen molar-refractivity contribution in [1.29, 1.82) is 0 Å². The molecule has 2 aliphatic rings. The van der Waals surface area contributed by atoms with Crippen LogP contribution in [-0.2, 0) is 9.53 Å². The molecule has 212 valence electrons. The lowest BCUT2D eigenvalue weighted by Crippen LogP contribution is -2.37. The summed E-state index contributed by atoms with van der Waals surface area (Å²) in [6.45, 7) is 0.643. The maximum Gasteiger partial charge on any atom is 0.326 e. The molecule has 2 aliphatic heterocycles. The van der Waals surface area contributed by atoms with Gasteiger partial charge in [0.1, 0.15) is 23.2 Å². The molecule has 0 bridgehead atoms.